The number of carboxylic acids is 1. The lowest BCUT2D eigenvalue weighted by molar-refractivity contribution is 0.0689. The van der Waals surface area contributed by atoms with Crippen LogP contribution in [-0.2, 0) is 11.3 Å². The van der Waals surface area contributed by atoms with Crippen molar-refractivity contribution in [1.29, 1.82) is 0 Å². The van der Waals surface area contributed by atoms with Crippen molar-refractivity contribution in [2.75, 3.05) is 13.7 Å². The van der Waals surface area contributed by atoms with E-state index in [1.54, 1.807) is 7.11 Å². The molecule has 0 aliphatic carbocycles. The Bertz CT molecular complexity index is 673. The Kier molecular flexibility index (Phi) is 3.61. The molecule has 19 heavy (non-hydrogen) atoms. The molecule has 0 saturated heterocycles. The number of carboxylic acid groups (broad SMARTS) is 1. The third kappa shape index (κ3) is 2.34. The number of aromatic nitrogens is 3. The quantitative estimate of drug-likeness (QED) is 0.782. The molecule has 2 heterocycles. The zero-order chi connectivity index (χ0) is 14.0. The third-order valence-corrected chi connectivity index (χ3v) is 2.68. The first-order valence-electron chi connectivity index (χ1n) is 5.65. The molecule has 8 nitrogen and oxygen atoms in total. The average Bonchev–Trinajstić information content (AvgIpc) is 2.75. The molecule has 0 atom stereocenters. The predicted octanol–water partition coefficient (Wildman–Crippen LogP) is 0.428. The van der Waals surface area contributed by atoms with Crippen molar-refractivity contribution in [2.45, 2.75) is 19.9 Å². The molecule has 2 aromatic heterocycles. The van der Waals surface area contributed by atoms with Gasteiger partial charge in [-0.3, -0.25) is 4.79 Å². The Hall–Kier alpha value is -2.22. The molecule has 0 aliphatic rings. The van der Waals surface area contributed by atoms with Gasteiger partial charge in [0, 0.05) is 20.3 Å². The van der Waals surface area contributed by atoms with Crippen molar-refractivity contribution >= 4 is 16.9 Å². The lowest BCUT2D eigenvalue weighted by Gasteiger charge is -2.05. The van der Waals surface area contributed by atoms with Gasteiger partial charge in [-0.1, -0.05) is 5.16 Å². The van der Waals surface area contributed by atoms with Gasteiger partial charge in [-0.2, -0.15) is 5.10 Å². The molecular formula is C11H13N3O5. The second-order valence-electron chi connectivity index (χ2n) is 3.99. The van der Waals surface area contributed by atoms with Crippen LogP contribution in [0, 0.1) is 6.92 Å². The van der Waals surface area contributed by atoms with Gasteiger partial charge in [-0.15, -0.1) is 0 Å². The molecule has 1 N–H and O–H groups in total. The molecule has 0 saturated carbocycles. The van der Waals surface area contributed by atoms with Crippen LogP contribution in [0.3, 0.4) is 0 Å². The number of hydrogen-bond donors (Lipinski definition) is 1. The molecule has 0 radical (unpaired) electrons. The fourth-order valence-electron chi connectivity index (χ4n) is 1.80. The van der Waals surface area contributed by atoms with Crippen LogP contribution in [0.5, 0.6) is 0 Å². The summed E-state index contributed by atoms with van der Waals surface area (Å²) in [6, 6.07) is 0. The lowest BCUT2D eigenvalue weighted by atomic mass is 10.2. The Labute approximate surface area is 107 Å². The Balaban J connectivity index is 2.57. The zero-order valence-electron chi connectivity index (χ0n) is 10.5. The van der Waals surface area contributed by atoms with Gasteiger partial charge >= 0.3 is 5.97 Å². The maximum absolute atomic E-state index is 12.1. The van der Waals surface area contributed by atoms with E-state index in [2.05, 4.69) is 10.3 Å². The number of aryl methyl sites for hydroxylation is 2. The molecule has 0 spiro atoms. The molecule has 8 heteroatoms. The Morgan fingerprint density at radius 2 is 2.26 bits per heavy atom. The monoisotopic (exact) mass is 267 g/mol. The van der Waals surface area contributed by atoms with Crippen LogP contribution >= 0.6 is 0 Å². The van der Waals surface area contributed by atoms with Gasteiger partial charge in [-0.05, 0) is 13.3 Å². The van der Waals surface area contributed by atoms with Gasteiger partial charge in [0.05, 0.1) is 5.39 Å². The van der Waals surface area contributed by atoms with Crippen LogP contribution in [0.15, 0.2) is 9.32 Å². The van der Waals surface area contributed by atoms with Crippen molar-refractivity contribution in [3.05, 3.63) is 21.8 Å². The number of nitrogens with zero attached hydrogens (tertiary/aromatic N) is 3. The molecule has 0 aliphatic heterocycles. The van der Waals surface area contributed by atoms with E-state index in [1.165, 1.54) is 6.92 Å². The van der Waals surface area contributed by atoms with Crippen LogP contribution in [0.4, 0.5) is 0 Å². The van der Waals surface area contributed by atoms with Crippen molar-refractivity contribution < 1.29 is 19.2 Å². The van der Waals surface area contributed by atoms with Crippen molar-refractivity contribution in [3.8, 4) is 0 Å². The molecule has 0 fully saturated rings. The van der Waals surface area contributed by atoms with E-state index in [0.29, 0.717) is 13.0 Å². The smallest absolute Gasteiger partial charge is 0.357 e. The largest absolute Gasteiger partial charge is 0.476 e. The van der Waals surface area contributed by atoms with Crippen molar-refractivity contribution in [2.24, 2.45) is 0 Å². The van der Waals surface area contributed by atoms with E-state index in [4.69, 9.17) is 14.4 Å². The lowest BCUT2D eigenvalue weighted by Crippen LogP contribution is -2.26. The molecule has 2 rings (SSSR count). The van der Waals surface area contributed by atoms with E-state index in [9.17, 15) is 9.59 Å². The summed E-state index contributed by atoms with van der Waals surface area (Å²) in [5.41, 5.74) is -0.707. The van der Waals surface area contributed by atoms with Crippen molar-refractivity contribution in [3.63, 3.8) is 0 Å². The van der Waals surface area contributed by atoms with E-state index < -0.39 is 11.5 Å². The summed E-state index contributed by atoms with van der Waals surface area (Å²) in [6.45, 7) is 2.25. The van der Waals surface area contributed by atoms with Crippen LogP contribution in [0.25, 0.3) is 10.9 Å². The number of hydrogen-bond acceptors (Lipinski definition) is 6. The molecule has 2 aromatic rings. The molecule has 0 amide bonds. The second kappa shape index (κ2) is 5.19. The summed E-state index contributed by atoms with van der Waals surface area (Å²) in [5.74, 6) is -0.960. The molecular weight excluding hydrogens is 254 g/mol. The molecule has 102 valence electrons. The first-order valence-corrected chi connectivity index (χ1v) is 5.65. The first-order chi connectivity index (χ1) is 9.06. The Morgan fingerprint density at radius 1 is 1.53 bits per heavy atom. The van der Waals surface area contributed by atoms with Gasteiger partial charge < -0.3 is 14.4 Å². The van der Waals surface area contributed by atoms with E-state index in [0.717, 1.165) is 4.68 Å². The fraction of sp³-hybridized carbons (Fsp3) is 0.455. The highest BCUT2D eigenvalue weighted by atomic mass is 16.5. The van der Waals surface area contributed by atoms with E-state index in [-0.39, 0.29) is 28.9 Å². The fourth-order valence-corrected chi connectivity index (χ4v) is 1.80. The van der Waals surface area contributed by atoms with Gasteiger partial charge in [-0.25, -0.2) is 9.48 Å². The molecule has 0 bridgehead atoms. The SMILES string of the molecule is COCCCn1nc(C(=O)O)c2c(C)onc2c1=O. The first kappa shape index (κ1) is 13.2. The highest BCUT2D eigenvalue weighted by Crippen LogP contribution is 2.17. The Morgan fingerprint density at radius 3 is 2.89 bits per heavy atom. The van der Waals surface area contributed by atoms with Crippen LogP contribution < -0.4 is 5.56 Å². The number of aromatic carboxylic acids is 1. The van der Waals surface area contributed by atoms with Crippen molar-refractivity contribution in [1.82, 2.24) is 14.9 Å². The van der Waals surface area contributed by atoms with Gasteiger partial charge in [0.1, 0.15) is 5.76 Å². The van der Waals surface area contributed by atoms with Gasteiger partial charge in [0.15, 0.2) is 11.2 Å². The summed E-state index contributed by atoms with van der Waals surface area (Å²) >= 11 is 0. The number of rotatable bonds is 5. The average molecular weight is 267 g/mol. The highest BCUT2D eigenvalue weighted by molar-refractivity contribution is 6.00. The predicted molar refractivity (Wildman–Crippen MR) is 64.3 cm³/mol. The summed E-state index contributed by atoms with van der Waals surface area (Å²) < 4.78 is 10.8. The minimum Gasteiger partial charge on any atom is -0.476 e. The van der Waals surface area contributed by atoms with E-state index >= 15 is 0 Å². The summed E-state index contributed by atoms with van der Waals surface area (Å²) in [5, 5.41) is 16.8. The number of carbonyl (C=O) groups is 1. The minimum atomic E-state index is -1.23. The van der Waals surface area contributed by atoms with Crippen LogP contribution in [-0.4, -0.2) is 39.7 Å². The summed E-state index contributed by atoms with van der Waals surface area (Å²) in [4.78, 5) is 23.2. The maximum Gasteiger partial charge on any atom is 0.357 e. The zero-order valence-corrected chi connectivity index (χ0v) is 10.5. The minimum absolute atomic E-state index is 0.0117. The normalized spacial score (nSPS) is 11.1. The molecule has 0 unspecified atom stereocenters. The second-order valence-corrected chi connectivity index (χ2v) is 3.99. The molecule has 0 aromatic carbocycles. The topological polar surface area (TPSA) is 107 Å². The highest BCUT2D eigenvalue weighted by Gasteiger charge is 2.21. The third-order valence-electron chi connectivity index (χ3n) is 2.68. The number of ether oxygens (including phenoxy) is 1. The summed E-state index contributed by atoms with van der Waals surface area (Å²) in [6.07, 6.45) is 0.546. The van der Waals surface area contributed by atoms with Crippen LogP contribution in [0.2, 0.25) is 0 Å². The number of methoxy groups -OCH3 is 1. The van der Waals surface area contributed by atoms with Gasteiger partial charge in [0.25, 0.3) is 5.56 Å². The summed E-state index contributed by atoms with van der Waals surface area (Å²) in [7, 11) is 1.54. The van der Waals surface area contributed by atoms with Crippen LogP contribution in [0.1, 0.15) is 22.7 Å². The maximum atomic E-state index is 12.1. The number of fused-ring (bicyclic) bond motifs is 1. The van der Waals surface area contributed by atoms with E-state index in [1.807, 2.05) is 0 Å². The van der Waals surface area contributed by atoms with Gasteiger partial charge in [0.2, 0.25) is 0 Å². The standard InChI is InChI=1S/C11H13N3O5/c1-6-7-8(13-19-6)10(15)14(4-3-5-18-2)12-9(7)11(16)17/h3-5H2,1-2H3,(H,16,17).